The first-order valence-corrected chi connectivity index (χ1v) is 6.05. The zero-order chi connectivity index (χ0) is 13.3. The van der Waals surface area contributed by atoms with Crippen molar-refractivity contribution in [2.24, 2.45) is 7.05 Å². The second-order valence-corrected chi connectivity index (χ2v) is 4.64. The van der Waals surface area contributed by atoms with Gasteiger partial charge in [-0.3, -0.25) is 9.48 Å². The van der Waals surface area contributed by atoms with Gasteiger partial charge in [0.1, 0.15) is 6.04 Å². The monoisotopic (exact) mass is 251 g/mol. The van der Waals surface area contributed by atoms with Crippen LogP contribution in [0.3, 0.4) is 0 Å². The second-order valence-electron chi connectivity index (χ2n) is 4.64. The summed E-state index contributed by atoms with van der Waals surface area (Å²) in [6.07, 6.45) is 2.22. The number of piperidine rings is 1. The quantitative estimate of drug-likeness (QED) is 0.844. The molecule has 1 aliphatic heterocycles. The van der Waals surface area contributed by atoms with Gasteiger partial charge in [0.2, 0.25) is 0 Å². The minimum absolute atomic E-state index is 0.286. The predicted octanol–water partition coefficient (Wildman–Crippen LogP) is 0.808. The fourth-order valence-electron chi connectivity index (χ4n) is 2.24. The summed E-state index contributed by atoms with van der Waals surface area (Å²) in [5, 5.41) is 13.3. The summed E-state index contributed by atoms with van der Waals surface area (Å²) in [4.78, 5) is 24.8. The van der Waals surface area contributed by atoms with Crippen LogP contribution in [0.15, 0.2) is 6.07 Å². The SMILES string of the molecule is Cc1cc(C(=O)N2CCCC[C@@H]2C(=O)O)nn1C. The average molecular weight is 251 g/mol. The van der Waals surface area contributed by atoms with E-state index in [0.29, 0.717) is 18.7 Å². The lowest BCUT2D eigenvalue weighted by Gasteiger charge is -2.32. The number of hydrogen-bond acceptors (Lipinski definition) is 3. The van der Waals surface area contributed by atoms with Gasteiger partial charge in [0.15, 0.2) is 5.69 Å². The minimum atomic E-state index is -0.935. The van der Waals surface area contributed by atoms with E-state index in [1.165, 1.54) is 4.90 Å². The summed E-state index contributed by atoms with van der Waals surface area (Å²) < 4.78 is 1.62. The van der Waals surface area contributed by atoms with Crippen LogP contribution in [0.1, 0.15) is 35.4 Å². The van der Waals surface area contributed by atoms with Crippen LogP contribution in [-0.2, 0) is 11.8 Å². The molecule has 1 amide bonds. The molecule has 0 aromatic carbocycles. The molecule has 6 heteroatoms. The topological polar surface area (TPSA) is 75.4 Å². The number of hydrogen-bond donors (Lipinski definition) is 1. The lowest BCUT2D eigenvalue weighted by atomic mass is 10.0. The fraction of sp³-hybridized carbons (Fsp3) is 0.583. The van der Waals surface area contributed by atoms with Crippen LogP contribution in [0.5, 0.6) is 0 Å². The fourth-order valence-corrected chi connectivity index (χ4v) is 2.24. The van der Waals surface area contributed by atoms with Crippen LogP contribution in [0, 0.1) is 6.92 Å². The molecule has 1 saturated heterocycles. The van der Waals surface area contributed by atoms with Crippen molar-refractivity contribution < 1.29 is 14.7 Å². The van der Waals surface area contributed by atoms with E-state index >= 15 is 0 Å². The molecule has 0 radical (unpaired) electrons. The van der Waals surface area contributed by atoms with Gasteiger partial charge in [0.25, 0.3) is 5.91 Å². The van der Waals surface area contributed by atoms with Gasteiger partial charge in [-0.25, -0.2) is 4.79 Å². The number of aromatic nitrogens is 2. The number of rotatable bonds is 2. The molecule has 0 unspecified atom stereocenters. The Hall–Kier alpha value is -1.85. The van der Waals surface area contributed by atoms with E-state index in [0.717, 1.165) is 18.5 Å². The zero-order valence-electron chi connectivity index (χ0n) is 10.6. The number of likely N-dealkylation sites (tertiary alicyclic amines) is 1. The normalized spacial score (nSPS) is 19.9. The summed E-state index contributed by atoms with van der Waals surface area (Å²) in [7, 11) is 1.76. The maximum atomic E-state index is 12.3. The van der Waals surface area contributed by atoms with Crippen molar-refractivity contribution in [3.05, 3.63) is 17.5 Å². The Morgan fingerprint density at radius 3 is 2.72 bits per heavy atom. The third kappa shape index (κ3) is 2.23. The minimum Gasteiger partial charge on any atom is -0.480 e. The van der Waals surface area contributed by atoms with Gasteiger partial charge in [-0.2, -0.15) is 5.10 Å². The molecule has 0 saturated carbocycles. The third-order valence-corrected chi connectivity index (χ3v) is 3.38. The molecule has 0 bridgehead atoms. The molecule has 2 rings (SSSR count). The second kappa shape index (κ2) is 4.80. The van der Waals surface area contributed by atoms with Crippen LogP contribution >= 0.6 is 0 Å². The summed E-state index contributed by atoms with van der Waals surface area (Å²) in [5.74, 6) is -1.22. The van der Waals surface area contributed by atoms with E-state index in [9.17, 15) is 9.59 Å². The first kappa shape index (κ1) is 12.6. The van der Waals surface area contributed by atoms with Gasteiger partial charge < -0.3 is 10.0 Å². The lowest BCUT2D eigenvalue weighted by molar-refractivity contribution is -0.143. The number of aryl methyl sites for hydroxylation is 2. The molecule has 0 spiro atoms. The molecule has 1 atom stereocenters. The van der Waals surface area contributed by atoms with Crippen molar-refractivity contribution in [3.63, 3.8) is 0 Å². The number of carboxylic acid groups (broad SMARTS) is 1. The predicted molar refractivity (Wildman–Crippen MR) is 64.3 cm³/mol. The Balaban J connectivity index is 2.23. The van der Waals surface area contributed by atoms with E-state index in [2.05, 4.69) is 5.10 Å². The van der Waals surface area contributed by atoms with Crippen molar-refractivity contribution in [2.45, 2.75) is 32.2 Å². The van der Waals surface area contributed by atoms with Gasteiger partial charge in [-0.15, -0.1) is 0 Å². The summed E-state index contributed by atoms with van der Waals surface area (Å²) >= 11 is 0. The Morgan fingerprint density at radius 2 is 2.17 bits per heavy atom. The molecule has 1 fully saturated rings. The molecule has 6 nitrogen and oxygen atoms in total. The van der Waals surface area contributed by atoms with Gasteiger partial charge in [0.05, 0.1) is 0 Å². The Labute approximate surface area is 105 Å². The Bertz CT molecular complexity index is 461. The molecule has 2 heterocycles. The number of carboxylic acids is 1. The van der Waals surface area contributed by atoms with Crippen LogP contribution in [-0.4, -0.2) is 44.3 Å². The molecule has 1 aliphatic rings. The summed E-state index contributed by atoms with van der Waals surface area (Å²) in [5.41, 5.74) is 1.20. The number of amides is 1. The molecule has 98 valence electrons. The Morgan fingerprint density at radius 1 is 1.44 bits per heavy atom. The molecule has 1 aromatic heterocycles. The van der Waals surface area contributed by atoms with E-state index in [-0.39, 0.29) is 5.91 Å². The maximum absolute atomic E-state index is 12.3. The van der Waals surface area contributed by atoms with Crippen molar-refractivity contribution in [1.82, 2.24) is 14.7 Å². The van der Waals surface area contributed by atoms with Crippen LogP contribution < -0.4 is 0 Å². The first-order valence-electron chi connectivity index (χ1n) is 6.05. The first-order chi connectivity index (χ1) is 8.50. The molecule has 1 N–H and O–H groups in total. The highest BCUT2D eigenvalue weighted by Crippen LogP contribution is 2.19. The van der Waals surface area contributed by atoms with Crippen molar-refractivity contribution >= 4 is 11.9 Å². The molecule has 0 aliphatic carbocycles. The molecule has 18 heavy (non-hydrogen) atoms. The highest BCUT2D eigenvalue weighted by molar-refractivity contribution is 5.95. The van der Waals surface area contributed by atoms with Gasteiger partial charge in [0, 0.05) is 19.3 Å². The smallest absolute Gasteiger partial charge is 0.326 e. The van der Waals surface area contributed by atoms with E-state index < -0.39 is 12.0 Å². The average Bonchev–Trinajstić information content (AvgIpc) is 2.68. The van der Waals surface area contributed by atoms with E-state index in [1.807, 2.05) is 6.92 Å². The highest BCUT2D eigenvalue weighted by Gasteiger charge is 2.33. The van der Waals surface area contributed by atoms with Crippen LogP contribution in [0.25, 0.3) is 0 Å². The van der Waals surface area contributed by atoms with Crippen molar-refractivity contribution in [1.29, 1.82) is 0 Å². The van der Waals surface area contributed by atoms with Crippen LogP contribution in [0.2, 0.25) is 0 Å². The van der Waals surface area contributed by atoms with Crippen LogP contribution in [0.4, 0.5) is 0 Å². The number of nitrogens with zero attached hydrogens (tertiary/aromatic N) is 3. The number of carbonyl (C=O) groups is 2. The lowest BCUT2D eigenvalue weighted by Crippen LogP contribution is -2.48. The number of carbonyl (C=O) groups excluding carboxylic acids is 1. The van der Waals surface area contributed by atoms with Crippen molar-refractivity contribution in [2.75, 3.05) is 6.54 Å². The third-order valence-electron chi connectivity index (χ3n) is 3.38. The largest absolute Gasteiger partial charge is 0.480 e. The van der Waals surface area contributed by atoms with Gasteiger partial charge >= 0.3 is 5.97 Å². The van der Waals surface area contributed by atoms with Gasteiger partial charge in [-0.1, -0.05) is 0 Å². The van der Waals surface area contributed by atoms with Gasteiger partial charge in [-0.05, 0) is 32.3 Å². The van der Waals surface area contributed by atoms with E-state index in [1.54, 1.807) is 17.8 Å². The van der Waals surface area contributed by atoms with E-state index in [4.69, 9.17) is 5.11 Å². The standard InChI is InChI=1S/C12H17N3O3/c1-8-7-9(13-14(8)2)11(16)15-6-4-3-5-10(15)12(17)18/h7,10H,3-6H2,1-2H3,(H,17,18)/t10-/m1/s1. The molecular weight excluding hydrogens is 234 g/mol. The molecular formula is C12H17N3O3. The number of aliphatic carboxylic acids is 1. The van der Waals surface area contributed by atoms with Crippen molar-refractivity contribution in [3.8, 4) is 0 Å². The Kier molecular flexibility index (Phi) is 3.36. The maximum Gasteiger partial charge on any atom is 0.326 e. The summed E-state index contributed by atoms with van der Waals surface area (Å²) in [6.45, 7) is 2.35. The summed E-state index contributed by atoms with van der Waals surface area (Å²) in [6, 6.07) is 0.976. The zero-order valence-corrected chi connectivity index (χ0v) is 10.6. The highest BCUT2D eigenvalue weighted by atomic mass is 16.4. The molecule has 1 aromatic rings.